The van der Waals surface area contributed by atoms with Gasteiger partial charge in [0.05, 0.1) is 0 Å². The molecule has 0 saturated carbocycles. The lowest BCUT2D eigenvalue weighted by Crippen LogP contribution is -2.27. The Morgan fingerprint density at radius 1 is 1.62 bits per heavy atom. The highest BCUT2D eigenvalue weighted by Gasteiger charge is 2.12. The predicted octanol–water partition coefficient (Wildman–Crippen LogP) is 1.04. The van der Waals surface area contributed by atoms with Gasteiger partial charge < -0.3 is 11.1 Å². The third-order valence-corrected chi connectivity index (χ3v) is 2.62. The fourth-order valence-corrected chi connectivity index (χ4v) is 1.48. The quantitative estimate of drug-likeness (QED) is 0.607. The van der Waals surface area contributed by atoms with Crippen molar-refractivity contribution in [3.8, 4) is 0 Å². The Bertz CT molecular complexity index is 383. The van der Waals surface area contributed by atoms with Crippen LogP contribution in [0.2, 0.25) is 0 Å². The van der Waals surface area contributed by atoms with Gasteiger partial charge >= 0.3 is 0 Å². The summed E-state index contributed by atoms with van der Waals surface area (Å²) in [4.78, 5) is 20.0. The summed E-state index contributed by atoms with van der Waals surface area (Å²) in [6.07, 6.45) is 1.89. The second-order valence-electron chi connectivity index (χ2n) is 3.51. The van der Waals surface area contributed by atoms with Crippen LogP contribution in [-0.4, -0.2) is 28.7 Å². The molecule has 6 heteroatoms. The molecule has 1 aromatic heterocycles. The monoisotopic (exact) mass is 240 g/mol. The van der Waals surface area contributed by atoms with E-state index in [1.54, 1.807) is 13.0 Å². The highest BCUT2D eigenvalue weighted by Crippen LogP contribution is 2.14. The number of aromatic nitrogens is 2. The van der Waals surface area contributed by atoms with Gasteiger partial charge in [-0.05, 0) is 13.2 Å². The maximum absolute atomic E-state index is 11.6. The summed E-state index contributed by atoms with van der Waals surface area (Å²) in [6.45, 7) is 3.97. The molecule has 1 unspecified atom stereocenters. The number of thioether (sulfide) groups is 1. The van der Waals surface area contributed by atoms with Gasteiger partial charge in [-0.2, -0.15) is 0 Å². The highest BCUT2D eigenvalue weighted by atomic mass is 32.2. The van der Waals surface area contributed by atoms with Gasteiger partial charge in [0, 0.05) is 24.2 Å². The molecule has 3 N–H and O–H groups in total. The zero-order chi connectivity index (χ0) is 12.1. The number of amides is 1. The van der Waals surface area contributed by atoms with Crippen molar-refractivity contribution in [3.63, 3.8) is 0 Å². The summed E-state index contributed by atoms with van der Waals surface area (Å²) < 4.78 is 0. The molecule has 5 nitrogen and oxygen atoms in total. The van der Waals surface area contributed by atoms with Crippen molar-refractivity contribution in [2.45, 2.75) is 19.0 Å². The number of nitrogens with one attached hydrogen (secondary N) is 1. The average Bonchev–Trinajstić information content (AvgIpc) is 2.26. The highest BCUT2D eigenvalue weighted by molar-refractivity contribution is 7.98. The van der Waals surface area contributed by atoms with Crippen molar-refractivity contribution >= 4 is 23.5 Å². The van der Waals surface area contributed by atoms with Gasteiger partial charge in [0.15, 0.2) is 5.16 Å². The van der Waals surface area contributed by atoms with Crippen molar-refractivity contribution in [2.75, 3.05) is 18.1 Å². The fourth-order valence-electron chi connectivity index (χ4n) is 1.05. The van der Waals surface area contributed by atoms with Crippen LogP contribution in [0.5, 0.6) is 0 Å². The van der Waals surface area contributed by atoms with E-state index in [2.05, 4.69) is 15.3 Å². The van der Waals surface area contributed by atoms with Crippen molar-refractivity contribution in [3.05, 3.63) is 11.8 Å². The summed E-state index contributed by atoms with van der Waals surface area (Å²) in [7, 11) is 0. The largest absolute Gasteiger partial charge is 0.330 e. The molecule has 0 bridgehead atoms. The first-order valence-electron chi connectivity index (χ1n) is 4.97. The minimum absolute atomic E-state index is 0.118. The van der Waals surface area contributed by atoms with Gasteiger partial charge in [0.2, 0.25) is 5.91 Å². The smallest absolute Gasteiger partial charge is 0.229 e. The van der Waals surface area contributed by atoms with Crippen LogP contribution < -0.4 is 11.1 Å². The summed E-state index contributed by atoms with van der Waals surface area (Å²) in [5.74, 6) is 0.197. The Hall–Kier alpha value is -1.14. The van der Waals surface area contributed by atoms with Gasteiger partial charge in [0.1, 0.15) is 5.82 Å². The first kappa shape index (κ1) is 12.9. The molecule has 1 amide bonds. The molecule has 1 atom stereocenters. The van der Waals surface area contributed by atoms with Crippen LogP contribution in [-0.2, 0) is 4.79 Å². The molecule has 0 radical (unpaired) electrons. The Labute approximate surface area is 99.2 Å². The molecule has 0 aliphatic rings. The Kier molecular flexibility index (Phi) is 4.70. The number of carbonyl (C=O) groups excluding carboxylic acids is 1. The summed E-state index contributed by atoms with van der Waals surface area (Å²) in [6, 6.07) is 1.74. The van der Waals surface area contributed by atoms with E-state index in [-0.39, 0.29) is 11.8 Å². The first-order valence-corrected chi connectivity index (χ1v) is 6.20. The number of rotatable bonds is 4. The van der Waals surface area contributed by atoms with Crippen molar-refractivity contribution in [1.29, 1.82) is 0 Å². The molecule has 16 heavy (non-hydrogen) atoms. The molecule has 1 rings (SSSR count). The van der Waals surface area contributed by atoms with E-state index in [0.29, 0.717) is 17.5 Å². The molecular weight excluding hydrogens is 224 g/mol. The third-order valence-electron chi connectivity index (χ3n) is 2.07. The molecular formula is C10H16N4OS. The molecule has 0 aliphatic carbocycles. The minimum Gasteiger partial charge on any atom is -0.330 e. The van der Waals surface area contributed by atoms with Crippen LogP contribution >= 0.6 is 11.8 Å². The number of hydrogen-bond acceptors (Lipinski definition) is 5. The van der Waals surface area contributed by atoms with Crippen LogP contribution in [0.4, 0.5) is 5.82 Å². The van der Waals surface area contributed by atoms with Crippen molar-refractivity contribution < 1.29 is 4.79 Å². The van der Waals surface area contributed by atoms with E-state index in [1.807, 2.05) is 13.2 Å². The zero-order valence-electron chi connectivity index (χ0n) is 9.65. The maximum atomic E-state index is 11.6. The van der Waals surface area contributed by atoms with Crippen LogP contribution in [0.3, 0.4) is 0 Å². The third kappa shape index (κ3) is 3.46. The molecule has 0 saturated heterocycles. The maximum Gasteiger partial charge on any atom is 0.229 e. The van der Waals surface area contributed by atoms with E-state index >= 15 is 0 Å². The van der Waals surface area contributed by atoms with Gasteiger partial charge in [-0.1, -0.05) is 18.7 Å². The minimum atomic E-state index is -0.215. The molecule has 0 spiro atoms. The van der Waals surface area contributed by atoms with Gasteiger partial charge in [-0.15, -0.1) is 0 Å². The second-order valence-corrected chi connectivity index (χ2v) is 4.28. The molecule has 0 fully saturated rings. The van der Waals surface area contributed by atoms with E-state index < -0.39 is 0 Å². The van der Waals surface area contributed by atoms with Gasteiger partial charge in [-0.25, -0.2) is 9.97 Å². The SMILES string of the molecule is CSc1nc(C)cc(NC(=O)C(C)CN)n1. The number of carbonyl (C=O) groups is 1. The molecule has 1 heterocycles. The number of nitrogens with zero attached hydrogens (tertiary/aromatic N) is 2. The van der Waals surface area contributed by atoms with Crippen LogP contribution in [0, 0.1) is 12.8 Å². The Morgan fingerprint density at radius 2 is 2.31 bits per heavy atom. The topological polar surface area (TPSA) is 80.9 Å². The second kappa shape index (κ2) is 5.81. The van der Waals surface area contributed by atoms with Crippen LogP contribution in [0.25, 0.3) is 0 Å². The fraction of sp³-hybridized carbons (Fsp3) is 0.500. The predicted molar refractivity (Wildman–Crippen MR) is 65.4 cm³/mol. The standard InChI is InChI=1S/C10H16N4OS/c1-6(5-11)9(15)13-8-4-7(2)12-10(14-8)16-3/h4,6H,5,11H2,1-3H3,(H,12,13,14,15). The Balaban J connectivity index is 2.81. The molecule has 0 aliphatic heterocycles. The van der Waals surface area contributed by atoms with Crippen LogP contribution in [0.15, 0.2) is 11.2 Å². The van der Waals surface area contributed by atoms with Crippen molar-refractivity contribution in [1.82, 2.24) is 9.97 Å². The molecule has 88 valence electrons. The molecule has 0 aromatic carbocycles. The summed E-state index contributed by atoms with van der Waals surface area (Å²) in [5, 5.41) is 3.37. The van der Waals surface area contributed by atoms with Gasteiger partial charge in [-0.3, -0.25) is 4.79 Å². The summed E-state index contributed by atoms with van der Waals surface area (Å²) >= 11 is 1.44. The van der Waals surface area contributed by atoms with E-state index in [9.17, 15) is 4.79 Å². The van der Waals surface area contributed by atoms with Crippen LogP contribution in [0.1, 0.15) is 12.6 Å². The number of nitrogens with two attached hydrogens (primary N) is 1. The number of anilines is 1. The van der Waals surface area contributed by atoms with Crippen molar-refractivity contribution in [2.24, 2.45) is 11.7 Å². The average molecular weight is 240 g/mol. The van der Waals surface area contributed by atoms with Gasteiger partial charge in [0.25, 0.3) is 0 Å². The number of aryl methyl sites for hydroxylation is 1. The first-order chi connectivity index (χ1) is 7.56. The van der Waals surface area contributed by atoms with E-state index in [1.165, 1.54) is 11.8 Å². The lowest BCUT2D eigenvalue weighted by atomic mass is 10.2. The van der Waals surface area contributed by atoms with E-state index in [0.717, 1.165) is 5.69 Å². The normalized spacial score (nSPS) is 12.2. The number of hydrogen-bond donors (Lipinski definition) is 2. The lowest BCUT2D eigenvalue weighted by Gasteiger charge is -2.10. The van der Waals surface area contributed by atoms with E-state index in [4.69, 9.17) is 5.73 Å². The Morgan fingerprint density at radius 3 is 2.88 bits per heavy atom. The lowest BCUT2D eigenvalue weighted by molar-refractivity contribution is -0.119. The molecule has 1 aromatic rings. The summed E-state index contributed by atoms with van der Waals surface area (Å²) in [5.41, 5.74) is 6.24. The zero-order valence-corrected chi connectivity index (χ0v) is 10.5.